The molecule has 0 fully saturated rings. The summed E-state index contributed by atoms with van der Waals surface area (Å²) in [6, 6.07) is 44.8. The number of hydrogen-bond donors (Lipinski definition) is 5. The van der Waals surface area contributed by atoms with Crippen LogP contribution in [0, 0.1) is 70.0 Å². The van der Waals surface area contributed by atoms with E-state index in [0.29, 0.717) is 22.4 Å². The Kier molecular flexibility index (Phi) is 25.2. The normalized spacial score (nSPS) is 9.64. The maximum absolute atomic E-state index is 12.5. The zero-order valence-electron chi connectivity index (χ0n) is 46.3. The fourth-order valence-corrected chi connectivity index (χ4v) is 8.03. The standard InChI is InChI=1S/C18H19N3O.C18H17N3.C10H11N.C8H7FN2.3C2H6.Na.H/c1-11-12(2)21(17-7-5-4-6-14(11)17)13-8-9-15(18(19)22)16(10-13)20-3;1-12-13(2)21(18-7-5-4-6-16(12)18)15-9-8-14(11-19)17(10-15)20-3;1-7-8(2)11-10-6-4-3-5-9(7)10;1-11-8-4-7(9)3-2-6(8)5-10;3*1-2;;/h4-10,20H,1-3H3,(H2,19,22);4-10,20H,1-3H3;3-6,11H,1-2H3;2-4,11H,1H3;3*1-2H3;;/q;;;;;;;+1;-1. The molecule has 6 N–H and O–H groups in total. The Hall–Kier alpha value is -7.28. The summed E-state index contributed by atoms with van der Waals surface area (Å²) in [7, 11) is 5.28. The number of para-hydroxylation sites is 3. The van der Waals surface area contributed by atoms with Gasteiger partial charge in [0.2, 0.25) is 0 Å². The van der Waals surface area contributed by atoms with Gasteiger partial charge in [0.05, 0.1) is 39.1 Å². The summed E-state index contributed by atoms with van der Waals surface area (Å²) in [4.78, 5) is 14.8. The minimum absolute atomic E-state index is 0. The van der Waals surface area contributed by atoms with E-state index in [4.69, 9.17) is 16.3 Å². The van der Waals surface area contributed by atoms with Crippen LogP contribution in [-0.4, -0.2) is 41.2 Å². The van der Waals surface area contributed by atoms with Gasteiger partial charge in [-0.25, -0.2) is 4.39 Å². The summed E-state index contributed by atoms with van der Waals surface area (Å²) < 4.78 is 17.0. The number of anilines is 3. The Bertz CT molecular complexity index is 3280. The van der Waals surface area contributed by atoms with E-state index in [1.54, 1.807) is 20.2 Å². The van der Waals surface area contributed by atoms with Crippen LogP contribution in [0.2, 0.25) is 0 Å². The summed E-state index contributed by atoms with van der Waals surface area (Å²) in [6.45, 7) is 24.8. The second kappa shape index (κ2) is 29.8. The first-order chi connectivity index (χ1) is 34.3. The molecule has 372 valence electrons. The summed E-state index contributed by atoms with van der Waals surface area (Å²) in [5.41, 5.74) is 22.4. The Morgan fingerprint density at radius 3 is 1.40 bits per heavy atom. The molecule has 1 amide bonds. The van der Waals surface area contributed by atoms with Gasteiger partial charge in [-0.05, 0) is 131 Å². The molecule has 10 nitrogen and oxygen atoms in total. The van der Waals surface area contributed by atoms with E-state index in [-0.39, 0.29) is 36.8 Å². The van der Waals surface area contributed by atoms with Crippen LogP contribution < -0.4 is 51.2 Å². The number of aromatic amines is 1. The predicted octanol–water partition coefficient (Wildman–Crippen LogP) is 12.3. The third-order valence-corrected chi connectivity index (χ3v) is 11.9. The number of nitrogens with zero attached hydrogens (tertiary/aromatic N) is 4. The molecule has 0 unspecified atom stereocenters. The number of primary amides is 1. The minimum Gasteiger partial charge on any atom is -1.00 e. The van der Waals surface area contributed by atoms with Crippen LogP contribution in [0.25, 0.3) is 44.1 Å². The van der Waals surface area contributed by atoms with Gasteiger partial charge in [-0.1, -0.05) is 96.1 Å². The number of nitriles is 2. The van der Waals surface area contributed by atoms with E-state index in [1.165, 1.54) is 79.2 Å². The molecule has 72 heavy (non-hydrogen) atoms. The van der Waals surface area contributed by atoms with Crippen molar-refractivity contribution in [2.24, 2.45) is 5.73 Å². The summed E-state index contributed by atoms with van der Waals surface area (Å²) >= 11 is 0. The second-order valence-corrected chi connectivity index (χ2v) is 15.5. The van der Waals surface area contributed by atoms with Gasteiger partial charge in [0.1, 0.15) is 18.0 Å². The number of halogens is 1. The van der Waals surface area contributed by atoms with E-state index in [1.807, 2.05) is 97.1 Å². The molecule has 6 aromatic carbocycles. The number of H-pyrrole nitrogens is 1. The first kappa shape index (κ1) is 60.8. The maximum Gasteiger partial charge on any atom is 1.00 e. The summed E-state index contributed by atoms with van der Waals surface area (Å²) in [6.07, 6.45) is 0. The Morgan fingerprint density at radius 2 is 0.958 bits per heavy atom. The molecule has 0 atom stereocenters. The molecular formula is C60H73FN9NaO. The fourth-order valence-electron chi connectivity index (χ4n) is 8.03. The summed E-state index contributed by atoms with van der Waals surface area (Å²) in [5, 5.41) is 30.4. The third-order valence-electron chi connectivity index (χ3n) is 11.9. The van der Waals surface area contributed by atoms with Crippen molar-refractivity contribution in [2.75, 3.05) is 37.1 Å². The van der Waals surface area contributed by atoms with Gasteiger partial charge in [-0.2, -0.15) is 10.5 Å². The van der Waals surface area contributed by atoms with Gasteiger partial charge >= 0.3 is 29.6 Å². The minimum atomic E-state index is -0.429. The number of nitrogens with two attached hydrogens (primary N) is 1. The van der Waals surface area contributed by atoms with Crippen LogP contribution in [0.1, 0.15) is 98.2 Å². The monoisotopic (exact) mass is 978 g/mol. The molecule has 0 aliphatic heterocycles. The zero-order chi connectivity index (χ0) is 52.9. The number of amides is 1. The molecule has 3 aromatic heterocycles. The van der Waals surface area contributed by atoms with Gasteiger partial charge in [0, 0.05) is 77.0 Å². The van der Waals surface area contributed by atoms with Crippen molar-refractivity contribution >= 4 is 55.7 Å². The largest absolute Gasteiger partial charge is 1.00 e. The molecular weight excluding hydrogens is 905 g/mol. The number of carbonyl (C=O) groups excluding carboxylic acids is 1. The molecule has 0 aliphatic carbocycles. The number of aryl methyl sites for hydroxylation is 4. The van der Waals surface area contributed by atoms with Gasteiger partial charge in [0.15, 0.2) is 0 Å². The number of carbonyl (C=O) groups is 1. The number of fused-ring (bicyclic) bond motifs is 3. The smallest absolute Gasteiger partial charge is 1.00 e. The number of aromatic nitrogens is 3. The molecule has 0 radical (unpaired) electrons. The topological polar surface area (TPSA) is 152 Å². The van der Waals surface area contributed by atoms with Crippen LogP contribution in [0.5, 0.6) is 0 Å². The van der Waals surface area contributed by atoms with Crippen molar-refractivity contribution in [3.05, 3.63) is 184 Å². The molecule has 0 aliphatic rings. The van der Waals surface area contributed by atoms with Crippen molar-refractivity contribution in [3.8, 4) is 23.5 Å². The molecule has 0 bridgehead atoms. The second-order valence-electron chi connectivity index (χ2n) is 15.5. The van der Waals surface area contributed by atoms with E-state index in [0.717, 1.165) is 28.3 Å². The van der Waals surface area contributed by atoms with Crippen molar-refractivity contribution in [3.63, 3.8) is 0 Å². The van der Waals surface area contributed by atoms with Crippen molar-refractivity contribution in [2.45, 2.75) is 83.1 Å². The van der Waals surface area contributed by atoms with Crippen LogP contribution in [0.15, 0.2) is 127 Å². The van der Waals surface area contributed by atoms with Crippen molar-refractivity contribution < 1.29 is 40.2 Å². The number of rotatable bonds is 6. The molecule has 0 saturated heterocycles. The van der Waals surface area contributed by atoms with E-state index in [2.05, 4.69) is 138 Å². The SMILES string of the molecule is CC.CC.CC.CNc1cc(-n2c(C)c(C)c3ccccc32)ccc1C#N.CNc1cc(-n2c(C)c(C)c3ccccc32)ccc1C(N)=O.CNc1cc(F)ccc1C#N.Cc1[nH]c2ccccc2c1C.[H-].[Na+]. The van der Waals surface area contributed by atoms with Crippen LogP contribution in [-0.2, 0) is 0 Å². The molecule has 9 rings (SSSR count). The maximum atomic E-state index is 12.5. The number of nitrogens with one attached hydrogen (secondary N) is 4. The molecule has 0 spiro atoms. The Labute approximate surface area is 450 Å². The Balaban J connectivity index is 0.000000484. The first-order valence-electron chi connectivity index (χ1n) is 24.2. The van der Waals surface area contributed by atoms with Gasteiger partial charge in [-0.15, -0.1) is 0 Å². The predicted molar refractivity (Wildman–Crippen MR) is 301 cm³/mol. The molecule has 9 aromatic rings. The fraction of sp³-hybridized carbons (Fsp3) is 0.250. The number of benzene rings is 6. The van der Waals surface area contributed by atoms with Gasteiger partial charge in [-0.3, -0.25) is 4.79 Å². The van der Waals surface area contributed by atoms with Crippen LogP contribution >= 0.6 is 0 Å². The quantitative estimate of drug-likeness (QED) is 0.105. The zero-order valence-corrected chi connectivity index (χ0v) is 47.3. The van der Waals surface area contributed by atoms with Crippen molar-refractivity contribution in [1.29, 1.82) is 10.5 Å². The average molecular weight is 978 g/mol. The number of hydrogen-bond acceptors (Lipinski definition) is 6. The van der Waals surface area contributed by atoms with E-state index in [9.17, 15) is 9.18 Å². The van der Waals surface area contributed by atoms with E-state index < -0.39 is 5.91 Å². The van der Waals surface area contributed by atoms with Crippen LogP contribution in [0.4, 0.5) is 21.5 Å². The third kappa shape index (κ3) is 14.0. The molecule has 12 heteroatoms. The summed E-state index contributed by atoms with van der Waals surface area (Å²) in [5.74, 6) is -0.769. The molecule has 3 heterocycles. The average Bonchev–Trinajstić information content (AvgIpc) is 3.96. The van der Waals surface area contributed by atoms with Crippen molar-refractivity contribution in [1.82, 2.24) is 14.1 Å². The van der Waals surface area contributed by atoms with Gasteiger partial charge < -0.3 is 37.2 Å². The first-order valence-corrected chi connectivity index (χ1v) is 24.2. The Morgan fingerprint density at radius 1 is 0.556 bits per heavy atom. The van der Waals surface area contributed by atoms with E-state index >= 15 is 0 Å². The van der Waals surface area contributed by atoms with Crippen LogP contribution in [0.3, 0.4) is 0 Å². The molecule has 0 saturated carbocycles. The van der Waals surface area contributed by atoms with Gasteiger partial charge in [0.25, 0.3) is 5.91 Å².